The van der Waals surface area contributed by atoms with Crippen molar-refractivity contribution in [2.45, 2.75) is 38.8 Å². The van der Waals surface area contributed by atoms with Crippen LogP contribution in [0.25, 0.3) is 10.9 Å². The number of likely N-dealkylation sites (tertiary alicyclic amines) is 1. The fourth-order valence-electron chi connectivity index (χ4n) is 4.54. The summed E-state index contributed by atoms with van der Waals surface area (Å²) in [6.45, 7) is 3.92. The van der Waals surface area contributed by atoms with Gasteiger partial charge in [-0.3, -0.25) is 4.79 Å². The number of carbonyl (C=O) groups excluding carboxylic acids is 1. The Kier molecular flexibility index (Phi) is 8.23. The predicted molar refractivity (Wildman–Crippen MR) is 124 cm³/mol. The summed E-state index contributed by atoms with van der Waals surface area (Å²) in [5.74, 6) is 0.291. The van der Waals surface area contributed by atoms with Crippen LogP contribution in [0.15, 0.2) is 42.5 Å². The molecule has 1 saturated heterocycles. The van der Waals surface area contributed by atoms with Gasteiger partial charge in [0.15, 0.2) is 5.78 Å². The highest BCUT2D eigenvalue weighted by atomic mass is 35.5. The summed E-state index contributed by atoms with van der Waals surface area (Å²) in [5, 5.41) is 0.683. The molecule has 3 aromatic rings. The minimum atomic E-state index is -0.325. The lowest BCUT2D eigenvalue weighted by molar-refractivity contribution is 0.103. The van der Waals surface area contributed by atoms with Crippen molar-refractivity contribution in [3.05, 3.63) is 65.1 Å². The minimum Gasteiger partial charge on any atom is -0.497 e. The molecule has 1 fully saturated rings. The number of aromatic nitrogens is 1. The van der Waals surface area contributed by atoms with Crippen LogP contribution in [-0.2, 0) is 6.54 Å². The fraction of sp³-hybridized carbons (Fsp3) is 0.375. The molecule has 1 aliphatic rings. The Morgan fingerprint density at radius 2 is 1.90 bits per heavy atom. The van der Waals surface area contributed by atoms with Crippen molar-refractivity contribution in [1.82, 2.24) is 9.47 Å². The van der Waals surface area contributed by atoms with Crippen molar-refractivity contribution in [3.8, 4) is 5.75 Å². The van der Waals surface area contributed by atoms with E-state index in [1.54, 1.807) is 37.4 Å². The third kappa shape index (κ3) is 4.76. The van der Waals surface area contributed by atoms with Crippen LogP contribution in [-0.4, -0.2) is 47.5 Å². The first-order valence-corrected chi connectivity index (χ1v) is 10.2. The van der Waals surface area contributed by atoms with E-state index in [4.69, 9.17) is 4.74 Å². The zero-order valence-electron chi connectivity index (χ0n) is 18.2. The Bertz CT molecular complexity index is 1050. The Morgan fingerprint density at radius 1 is 1.19 bits per heavy atom. The molecule has 2 heterocycles. The Labute approximate surface area is 188 Å². The van der Waals surface area contributed by atoms with E-state index < -0.39 is 0 Å². The summed E-state index contributed by atoms with van der Waals surface area (Å²) in [7, 11) is 3.77. The van der Waals surface area contributed by atoms with Crippen LogP contribution in [0.2, 0.25) is 0 Å². The van der Waals surface area contributed by atoms with Crippen molar-refractivity contribution in [2.75, 3.05) is 20.7 Å². The maximum atomic E-state index is 14.1. The Morgan fingerprint density at radius 3 is 2.52 bits per heavy atom. The van der Waals surface area contributed by atoms with Crippen LogP contribution >= 0.6 is 12.4 Å². The van der Waals surface area contributed by atoms with Crippen molar-refractivity contribution >= 4 is 29.1 Å². The molecule has 4 rings (SSSR count). The molecule has 0 aliphatic carbocycles. The van der Waals surface area contributed by atoms with Crippen molar-refractivity contribution in [3.63, 3.8) is 0 Å². The van der Waals surface area contributed by atoms with Crippen LogP contribution in [0.3, 0.4) is 0 Å². The second-order valence-corrected chi connectivity index (χ2v) is 7.90. The largest absolute Gasteiger partial charge is 0.497 e. The number of ketones is 1. The van der Waals surface area contributed by atoms with Crippen LogP contribution in [0.1, 0.15) is 40.9 Å². The van der Waals surface area contributed by atoms with Gasteiger partial charge in [0.05, 0.1) is 12.7 Å². The molecule has 1 aromatic heterocycles. The van der Waals surface area contributed by atoms with Gasteiger partial charge < -0.3 is 19.7 Å². The molecule has 2 aromatic carbocycles. The summed E-state index contributed by atoms with van der Waals surface area (Å²) in [5.41, 5.74) is 2.98. The number of benzene rings is 2. The molecule has 0 saturated carbocycles. The minimum absolute atomic E-state index is 0. The van der Waals surface area contributed by atoms with E-state index in [1.165, 1.54) is 25.0 Å². The van der Waals surface area contributed by atoms with Gasteiger partial charge in [0, 0.05) is 34.7 Å². The number of hydrogen-bond acceptors (Lipinski definition) is 3. The van der Waals surface area contributed by atoms with E-state index in [9.17, 15) is 9.18 Å². The number of nitrogens with zero attached hydrogens (tertiary/aromatic N) is 2. The lowest BCUT2D eigenvalue weighted by Gasteiger charge is -2.20. The molecule has 5 nitrogen and oxygen atoms in total. The molecule has 0 amide bonds. The number of carbonyl (C=O) groups is 1. The Balaban J connectivity index is 0.00000171. The third-order valence-electron chi connectivity index (χ3n) is 6.22. The standard InChI is InChI=1S/C24H27FN2O2.ClH.H2O/c1-16-23(24(28)17-6-9-20(29-3)10-7-17)21-15-18(25)8-11-22(21)27(16)14-12-19-5-4-13-26(19)2;;/h6-11,15,19H,4-5,12-14H2,1-3H3;1H;1H2. The molecule has 0 spiro atoms. The molecule has 7 heteroatoms. The van der Waals surface area contributed by atoms with Gasteiger partial charge in [-0.15, -0.1) is 12.4 Å². The van der Waals surface area contributed by atoms with Gasteiger partial charge in [0.2, 0.25) is 0 Å². The zero-order valence-corrected chi connectivity index (χ0v) is 19.0. The van der Waals surface area contributed by atoms with Crippen LogP contribution in [0.4, 0.5) is 4.39 Å². The summed E-state index contributed by atoms with van der Waals surface area (Å²) < 4.78 is 21.4. The van der Waals surface area contributed by atoms with E-state index in [0.717, 1.165) is 30.7 Å². The highest BCUT2D eigenvalue weighted by Gasteiger charge is 2.24. The van der Waals surface area contributed by atoms with Gasteiger partial charge in [-0.05, 0) is 82.2 Å². The van der Waals surface area contributed by atoms with E-state index in [1.807, 2.05) is 6.92 Å². The second kappa shape index (κ2) is 10.3. The molecule has 1 atom stereocenters. The van der Waals surface area contributed by atoms with Gasteiger partial charge in [-0.2, -0.15) is 0 Å². The summed E-state index contributed by atoms with van der Waals surface area (Å²) in [4.78, 5) is 15.7. The van der Waals surface area contributed by atoms with Crippen molar-refractivity contribution in [2.24, 2.45) is 0 Å². The van der Waals surface area contributed by atoms with Crippen molar-refractivity contribution in [1.29, 1.82) is 0 Å². The van der Waals surface area contributed by atoms with Gasteiger partial charge in [-0.1, -0.05) is 0 Å². The predicted octanol–water partition coefficient (Wildman–Crippen LogP) is 4.41. The topological polar surface area (TPSA) is 66.0 Å². The molecule has 1 unspecified atom stereocenters. The van der Waals surface area contributed by atoms with Crippen LogP contribution < -0.4 is 4.74 Å². The number of hydrogen-bond donors (Lipinski definition) is 0. The summed E-state index contributed by atoms with van der Waals surface area (Å²) in [6.07, 6.45) is 3.47. The molecule has 1 aliphatic heterocycles. The van der Waals surface area contributed by atoms with E-state index in [2.05, 4.69) is 16.5 Å². The first-order valence-electron chi connectivity index (χ1n) is 10.2. The first kappa shape index (κ1) is 24.9. The monoisotopic (exact) mass is 448 g/mol. The second-order valence-electron chi connectivity index (χ2n) is 7.90. The number of fused-ring (bicyclic) bond motifs is 1. The molecule has 168 valence electrons. The average Bonchev–Trinajstić information content (AvgIpc) is 3.25. The molecule has 0 bridgehead atoms. The smallest absolute Gasteiger partial charge is 0.195 e. The lowest BCUT2D eigenvalue weighted by atomic mass is 10.0. The van der Waals surface area contributed by atoms with Crippen LogP contribution in [0, 0.1) is 12.7 Å². The molecule has 0 radical (unpaired) electrons. The van der Waals surface area contributed by atoms with Crippen LogP contribution in [0.5, 0.6) is 5.75 Å². The summed E-state index contributed by atoms with van der Waals surface area (Å²) >= 11 is 0. The highest BCUT2D eigenvalue weighted by Crippen LogP contribution is 2.30. The zero-order chi connectivity index (χ0) is 20.5. The van der Waals surface area contributed by atoms with Gasteiger partial charge >= 0.3 is 0 Å². The Hall–Kier alpha value is -2.41. The van der Waals surface area contributed by atoms with Gasteiger partial charge in [0.25, 0.3) is 0 Å². The first-order chi connectivity index (χ1) is 14.0. The fourth-order valence-corrected chi connectivity index (χ4v) is 4.54. The third-order valence-corrected chi connectivity index (χ3v) is 6.22. The number of ether oxygens (including phenoxy) is 1. The van der Waals surface area contributed by atoms with Crippen molar-refractivity contribution < 1.29 is 19.4 Å². The number of halogens is 2. The highest BCUT2D eigenvalue weighted by molar-refractivity contribution is 6.17. The maximum absolute atomic E-state index is 14.1. The lowest BCUT2D eigenvalue weighted by Crippen LogP contribution is -2.26. The normalized spacial score (nSPS) is 16.1. The molecular formula is C24H30ClFN2O3. The number of methoxy groups -OCH3 is 1. The SMILES string of the molecule is COc1ccc(C(=O)c2c(C)n(CCC3CCCN3C)c3ccc(F)cc23)cc1.Cl.O. The maximum Gasteiger partial charge on any atom is 0.195 e. The van der Waals surface area contributed by atoms with E-state index >= 15 is 0 Å². The quantitative estimate of drug-likeness (QED) is 0.524. The molecule has 2 N–H and O–H groups in total. The number of aryl methyl sites for hydroxylation is 1. The van der Waals surface area contributed by atoms with Gasteiger partial charge in [-0.25, -0.2) is 4.39 Å². The van der Waals surface area contributed by atoms with Gasteiger partial charge in [0.1, 0.15) is 11.6 Å². The summed E-state index contributed by atoms with van der Waals surface area (Å²) in [6, 6.07) is 12.4. The number of rotatable bonds is 6. The molecular weight excluding hydrogens is 419 g/mol. The average molecular weight is 449 g/mol. The van der Waals surface area contributed by atoms with E-state index in [0.29, 0.717) is 28.3 Å². The van der Waals surface area contributed by atoms with E-state index in [-0.39, 0.29) is 29.5 Å². The molecule has 31 heavy (non-hydrogen) atoms.